The smallest absolute Gasteiger partial charge is 0.258 e. The Bertz CT molecular complexity index is 1130. The zero-order chi connectivity index (χ0) is 23.2. The lowest BCUT2D eigenvalue weighted by molar-refractivity contribution is -0.148. The molecule has 3 aromatic carbocycles. The van der Waals surface area contributed by atoms with Gasteiger partial charge in [-0.15, -0.1) is 0 Å². The molecule has 1 fully saturated rings. The molecule has 3 aromatic rings. The standard InChI is InChI=1S/C27H26N2O4/c1-19(17-20-9-5-3-6-10-20)25-24(26(30)28-33-18-21-11-7-4-8-12-21)27(31)29(25)22-13-15-23(32-2)16-14-22/h3-17,24-25H,18H2,1-2H3,(H,28,30)/b19-17-. The van der Waals surface area contributed by atoms with Crippen molar-refractivity contribution >= 4 is 23.6 Å². The number of nitrogens with zero attached hydrogens (tertiary/aromatic N) is 1. The van der Waals surface area contributed by atoms with Crippen LogP contribution >= 0.6 is 0 Å². The SMILES string of the molecule is COc1ccc(N2C(=O)C(C(=O)NOCc3ccccc3)C2/C(C)=C\c2ccccc2)cc1. The van der Waals surface area contributed by atoms with Crippen molar-refractivity contribution in [3.63, 3.8) is 0 Å². The van der Waals surface area contributed by atoms with Gasteiger partial charge in [-0.2, -0.15) is 0 Å². The highest BCUT2D eigenvalue weighted by Gasteiger charge is 2.53. The van der Waals surface area contributed by atoms with Crippen molar-refractivity contribution in [2.75, 3.05) is 12.0 Å². The normalized spacial score (nSPS) is 17.9. The number of rotatable bonds is 8. The van der Waals surface area contributed by atoms with Crippen molar-refractivity contribution in [2.45, 2.75) is 19.6 Å². The molecule has 4 rings (SSSR count). The van der Waals surface area contributed by atoms with Crippen LogP contribution in [0.15, 0.2) is 90.5 Å². The summed E-state index contributed by atoms with van der Waals surface area (Å²) in [5, 5.41) is 0. The highest BCUT2D eigenvalue weighted by atomic mass is 16.6. The molecule has 0 aromatic heterocycles. The summed E-state index contributed by atoms with van der Waals surface area (Å²) in [5.41, 5.74) is 6.01. The van der Waals surface area contributed by atoms with E-state index >= 15 is 0 Å². The number of ether oxygens (including phenoxy) is 1. The van der Waals surface area contributed by atoms with E-state index in [0.29, 0.717) is 11.4 Å². The highest BCUT2D eigenvalue weighted by molar-refractivity contribution is 6.16. The van der Waals surface area contributed by atoms with E-state index in [1.54, 1.807) is 24.1 Å². The van der Waals surface area contributed by atoms with Gasteiger partial charge in [0.05, 0.1) is 19.8 Å². The van der Waals surface area contributed by atoms with Gasteiger partial charge in [0.15, 0.2) is 0 Å². The first-order valence-electron chi connectivity index (χ1n) is 10.7. The molecule has 1 aliphatic heterocycles. The first-order valence-corrected chi connectivity index (χ1v) is 10.7. The number of hydroxylamine groups is 1. The number of nitrogens with one attached hydrogen (secondary N) is 1. The monoisotopic (exact) mass is 442 g/mol. The van der Waals surface area contributed by atoms with Gasteiger partial charge in [0.2, 0.25) is 5.91 Å². The third kappa shape index (κ3) is 4.96. The van der Waals surface area contributed by atoms with Crippen LogP contribution in [0.25, 0.3) is 6.08 Å². The number of hydrogen-bond donors (Lipinski definition) is 1. The van der Waals surface area contributed by atoms with E-state index < -0.39 is 17.9 Å². The Morgan fingerprint density at radius 3 is 2.24 bits per heavy atom. The second kappa shape index (κ2) is 10.1. The molecule has 6 heteroatoms. The fourth-order valence-electron chi connectivity index (χ4n) is 3.97. The number of methoxy groups -OCH3 is 1. The lowest BCUT2D eigenvalue weighted by Gasteiger charge is -2.46. The predicted molar refractivity (Wildman–Crippen MR) is 127 cm³/mol. The third-order valence-corrected chi connectivity index (χ3v) is 5.65. The van der Waals surface area contributed by atoms with Crippen molar-refractivity contribution < 1.29 is 19.2 Å². The molecule has 2 unspecified atom stereocenters. The summed E-state index contributed by atoms with van der Waals surface area (Å²) in [7, 11) is 1.59. The van der Waals surface area contributed by atoms with Gasteiger partial charge in [0.1, 0.15) is 11.7 Å². The van der Waals surface area contributed by atoms with E-state index in [-0.39, 0.29) is 12.5 Å². The Morgan fingerprint density at radius 1 is 0.970 bits per heavy atom. The molecule has 1 N–H and O–H groups in total. The van der Waals surface area contributed by atoms with Gasteiger partial charge in [0, 0.05) is 5.69 Å². The molecule has 0 radical (unpaired) electrons. The van der Waals surface area contributed by atoms with Crippen LogP contribution in [0, 0.1) is 5.92 Å². The van der Waals surface area contributed by atoms with E-state index in [9.17, 15) is 9.59 Å². The lowest BCUT2D eigenvalue weighted by atomic mass is 9.81. The van der Waals surface area contributed by atoms with Crippen LogP contribution in [-0.4, -0.2) is 25.0 Å². The number of benzene rings is 3. The fourth-order valence-corrected chi connectivity index (χ4v) is 3.97. The van der Waals surface area contributed by atoms with Crippen molar-refractivity contribution in [2.24, 2.45) is 5.92 Å². The predicted octanol–water partition coefficient (Wildman–Crippen LogP) is 4.38. The Labute approximate surface area is 193 Å². The maximum Gasteiger partial charge on any atom is 0.258 e. The molecule has 33 heavy (non-hydrogen) atoms. The van der Waals surface area contributed by atoms with Crippen LogP contribution in [0.4, 0.5) is 5.69 Å². The molecule has 1 heterocycles. The zero-order valence-electron chi connectivity index (χ0n) is 18.6. The number of β-lactam (4-membered cyclic amide) rings is 1. The second-order valence-corrected chi connectivity index (χ2v) is 7.87. The van der Waals surface area contributed by atoms with E-state index in [1.165, 1.54) is 0 Å². The first-order chi connectivity index (χ1) is 16.1. The summed E-state index contributed by atoms with van der Waals surface area (Å²) in [6.07, 6.45) is 2.00. The summed E-state index contributed by atoms with van der Waals surface area (Å²) in [6, 6.07) is 26.2. The number of carbonyl (C=O) groups is 2. The summed E-state index contributed by atoms with van der Waals surface area (Å²) in [4.78, 5) is 33.1. The van der Waals surface area contributed by atoms with Crippen LogP contribution < -0.4 is 15.1 Å². The third-order valence-electron chi connectivity index (χ3n) is 5.65. The molecule has 2 amide bonds. The van der Waals surface area contributed by atoms with Crippen molar-refractivity contribution in [1.29, 1.82) is 0 Å². The quantitative estimate of drug-likeness (QED) is 0.319. The molecule has 2 atom stereocenters. The van der Waals surface area contributed by atoms with E-state index in [1.807, 2.05) is 85.8 Å². The molecular formula is C27H26N2O4. The number of carbonyl (C=O) groups excluding carboxylic acids is 2. The van der Waals surface area contributed by atoms with Crippen molar-refractivity contribution in [3.8, 4) is 5.75 Å². The number of hydrogen-bond acceptors (Lipinski definition) is 4. The van der Waals surface area contributed by atoms with E-state index in [4.69, 9.17) is 9.57 Å². The largest absolute Gasteiger partial charge is 0.497 e. The average molecular weight is 443 g/mol. The molecule has 0 bridgehead atoms. The Morgan fingerprint density at radius 2 is 1.61 bits per heavy atom. The van der Waals surface area contributed by atoms with Gasteiger partial charge < -0.3 is 9.64 Å². The van der Waals surface area contributed by atoms with Gasteiger partial charge in [-0.3, -0.25) is 14.4 Å². The summed E-state index contributed by atoms with van der Waals surface area (Å²) in [5.74, 6) is -0.899. The molecule has 1 aliphatic rings. The van der Waals surface area contributed by atoms with Gasteiger partial charge in [-0.05, 0) is 47.9 Å². The minimum absolute atomic E-state index is 0.221. The highest BCUT2D eigenvalue weighted by Crippen LogP contribution is 2.38. The van der Waals surface area contributed by atoms with Gasteiger partial charge >= 0.3 is 0 Å². The van der Waals surface area contributed by atoms with Gasteiger partial charge in [-0.1, -0.05) is 66.7 Å². The maximum atomic E-state index is 13.1. The van der Waals surface area contributed by atoms with E-state index in [2.05, 4.69) is 5.48 Å². The lowest BCUT2D eigenvalue weighted by Crippen LogP contribution is -2.66. The molecule has 1 saturated heterocycles. The van der Waals surface area contributed by atoms with Crippen LogP contribution in [-0.2, 0) is 21.0 Å². The molecule has 0 aliphatic carbocycles. The summed E-state index contributed by atoms with van der Waals surface area (Å²) in [6.45, 7) is 2.16. The van der Waals surface area contributed by atoms with E-state index in [0.717, 1.165) is 16.7 Å². The van der Waals surface area contributed by atoms with Gasteiger partial charge in [-0.25, -0.2) is 5.48 Å². The summed E-state index contributed by atoms with van der Waals surface area (Å²) < 4.78 is 5.23. The molecule has 0 spiro atoms. The van der Waals surface area contributed by atoms with Crippen LogP contribution in [0.3, 0.4) is 0 Å². The summed E-state index contributed by atoms with van der Waals surface area (Å²) >= 11 is 0. The van der Waals surface area contributed by atoms with Crippen LogP contribution in [0.5, 0.6) is 5.75 Å². The Balaban J connectivity index is 1.54. The van der Waals surface area contributed by atoms with Crippen LogP contribution in [0.1, 0.15) is 18.1 Å². The minimum atomic E-state index is -0.872. The minimum Gasteiger partial charge on any atom is -0.497 e. The first kappa shape index (κ1) is 22.3. The van der Waals surface area contributed by atoms with Crippen molar-refractivity contribution in [3.05, 3.63) is 102 Å². The average Bonchev–Trinajstić information content (AvgIpc) is 2.84. The molecule has 168 valence electrons. The molecule has 6 nitrogen and oxygen atoms in total. The zero-order valence-corrected chi connectivity index (χ0v) is 18.6. The van der Waals surface area contributed by atoms with Crippen LogP contribution in [0.2, 0.25) is 0 Å². The molecular weight excluding hydrogens is 416 g/mol. The Kier molecular flexibility index (Phi) is 6.86. The number of anilines is 1. The topological polar surface area (TPSA) is 67.9 Å². The number of amides is 2. The Hall–Kier alpha value is -3.90. The van der Waals surface area contributed by atoms with Gasteiger partial charge in [0.25, 0.3) is 5.91 Å². The molecule has 0 saturated carbocycles. The van der Waals surface area contributed by atoms with Crippen molar-refractivity contribution in [1.82, 2.24) is 5.48 Å². The second-order valence-electron chi connectivity index (χ2n) is 7.87. The maximum absolute atomic E-state index is 13.1. The fraction of sp³-hybridized carbons (Fsp3) is 0.185.